The Bertz CT molecular complexity index is 424. The average molecular weight is 289 g/mol. The van der Waals surface area contributed by atoms with Gasteiger partial charge in [-0.1, -0.05) is 0 Å². The minimum Gasteiger partial charge on any atom is -0.342 e. The molecule has 0 N–H and O–H groups in total. The molecule has 0 aromatic rings. The summed E-state index contributed by atoms with van der Waals surface area (Å²) in [6.45, 7) is 6.73. The van der Waals surface area contributed by atoms with E-state index in [1.807, 2.05) is 0 Å². The molecule has 8 heteroatoms. The highest BCUT2D eigenvalue weighted by atomic mass is 16.9. The lowest BCUT2D eigenvalue weighted by Crippen LogP contribution is -2.56. The van der Waals surface area contributed by atoms with E-state index in [2.05, 4.69) is 0 Å². The van der Waals surface area contributed by atoms with Gasteiger partial charge in [0.25, 0.3) is 0 Å². The van der Waals surface area contributed by atoms with Crippen molar-refractivity contribution in [2.75, 3.05) is 6.54 Å². The predicted octanol–water partition coefficient (Wildman–Crippen LogP) is 0.660. The first-order valence-corrected chi connectivity index (χ1v) is 6.65. The molecule has 0 aliphatic carbocycles. The smallest absolute Gasteiger partial charge is 0.232 e. The molecule has 3 aliphatic rings. The second-order valence-electron chi connectivity index (χ2n) is 6.22. The molecule has 0 aromatic heterocycles. The highest BCUT2D eigenvalue weighted by molar-refractivity contribution is 4.99. The Kier molecular flexibility index (Phi) is 3.07. The SMILES string of the molecule is CC1(C)OC2OC(C[N+](=O)[O-])C3OC(C)(C)OC3C2O1. The van der Waals surface area contributed by atoms with Gasteiger partial charge in [0.15, 0.2) is 24.0 Å². The lowest BCUT2D eigenvalue weighted by Gasteiger charge is -2.35. The summed E-state index contributed by atoms with van der Waals surface area (Å²) in [6, 6.07) is 0. The number of fused-ring (bicyclic) bond motifs is 3. The summed E-state index contributed by atoms with van der Waals surface area (Å²) in [5, 5.41) is 10.8. The van der Waals surface area contributed by atoms with E-state index in [-0.39, 0.29) is 6.54 Å². The van der Waals surface area contributed by atoms with Crippen LogP contribution in [0.5, 0.6) is 0 Å². The molecule has 3 fully saturated rings. The normalized spacial score (nSPS) is 44.9. The van der Waals surface area contributed by atoms with E-state index in [1.165, 1.54) is 0 Å². The molecule has 0 aromatic carbocycles. The third kappa shape index (κ3) is 2.42. The van der Waals surface area contributed by atoms with Crippen molar-refractivity contribution in [3.8, 4) is 0 Å². The van der Waals surface area contributed by atoms with Gasteiger partial charge in [0, 0.05) is 4.92 Å². The maximum absolute atomic E-state index is 10.8. The quantitative estimate of drug-likeness (QED) is 0.545. The zero-order valence-electron chi connectivity index (χ0n) is 11.9. The van der Waals surface area contributed by atoms with Crippen molar-refractivity contribution < 1.29 is 28.6 Å². The molecule has 5 atom stereocenters. The van der Waals surface area contributed by atoms with Gasteiger partial charge < -0.3 is 23.7 Å². The Morgan fingerprint density at radius 2 is 1.50 bits per heavy atom. The molecule has 8 nitrogen and oxygen atoms in total. The van der Waals surface area contributed by atoms with Crippen LogP contribution in [-0.4, -0.2) is 53.7 Å². The van der Waals surface area contributed by atoms with Crippen LogP contribution in [0, 0.1) is 10.1 Å². The van der Waals surface area contributed by atoms with Crippen LogP contribution < -0.4 is 0 Å². The van der Waals surface area contributed by atoms with Crippen molar-refractivity contribution in [1.82, 2.24) is 0 Å². The minimum atomic E-state index is -0.821. The van der Waals surface area contributed by atoms with Gasteiger partial charge in [-0.2, -0.15) is 0 Å². The average Bonchev–Trinajstić information content (AvgIpc) is 2.73. The fourth-order valence-electron chi connectivity index (χ4n) is 2.99. The van der Waals surface area contributed by atoms with Crippen molar-refractivity contribution in [2.24, 2.45) is 0 Å². The minimum absolute atomic E-state index is 0.354. The number of hydrogen-bond donors (Lipinski definition) is 0. The molecule has 0 spiro atoms. The molecule has 3 aliphatic heterocycles. The third-order valence-corrected chi connectivity index (χ3v) is 3.58. The van der Waals surface area contributed by atoms with E-state index in [1.54, 1.807) is 27.7 Å². The van der Waals surface area contributed by atoms with Crippen LogP contribution in [0.3, 0.4) is 0 Å². The molecule has 0 saturated carbocycles. The van der Waals surface area contributed by atoms with Crippen LogP contribution in [0.2, 0.25) is 0 Å². The number of ether oxygens (including phenoxy) is 5. The van der Waals surface area contributed by atoms with E-state index in [0.29, 0.717) is 0 Å². The molecule has 0 amide bonds. The van der Waals surface area contributed by atoms with Gasteiger partial charge in [0.1, 0.15) is 18.3 Å². The van der Waals surface area contributed by atoms with Crippen LogP contribution in [-0.2, 0) is 23.7 Å². The zero-order valence-corrected chi connectivity index (χ0v) is 11.9. The summed E-state index contributed by atoms with van der Waals surface area (Å²) in [6.07, 6.45) is -2.80. The van der Waals surface area contributed by atoms with Gasteiger partial charge in [-0.15, -0.1) is 0 Å². The number of hydrogen-bond acceptors (Lipinski definition) is 7. The lowest BCUT2D eigenvalue weighted by molar-refractivity contribution is -0.499. The third-order valence-electron chi connectivity index (χ3n) is 3.58. The Hall–Kier alpha value is -0.800. The van der Waals surface area contributed by atoms with E-state index in [4.69, 9.17) is 23.7 Å². The fraction of sp³-hybridized carbons (Fsp3) is 1.00. The summed E-state index contributed by atoms with van der Waals surface area (Å²) in [4.78, 5) is 10.4. The van der Waals surface area contributed by atoms with E-state index < -0.39 is 47.2 Å². The van der Waals surface area contributed by atoms with E-state index in [9.17, 15) is 10.1 Å². The summed E-state index contributed by atoms with van der Waals surface area (Å²) in [5.74, 6) is -1.63. The molecular formula is C12H19NO7. The standard InChI is InChI=1S/C12H19NO7/c1-11(2)17-7-6(5-13(14)15)16-10-9(8(7)18-11)19-12(3,4)20-10/h6-10H,5H2,1-4H3. The Morgan fingerprint density at radius 1 is 0.950 bits per heavy atom. The highest BCUT2D eigenvalue weighted by Crippen LogP contribution is 2.43. The van der Waals surface area contributed by atoms with Crippen LogP contribution in [0.1, 0.15) is 27.7 Å². The van der Waals surface area contributed by atoms with Crippen LogP contribution in [0.15, 0.2) is 0 Å². The maximum Gasteiger partial charge on any atom is 0.232 e. The predicted molar refractivity (Wildman–Crippen MR) is 64.4 cm³/mol. The number of rotatable bonds is 2. The van der Waals surface area contributed by atoms with Gasteiger partial charge in [-0.05, 0) is 27.7 Å². The largest absolute Gasteiger partial charge is 0.342 e. The number of nitro groups is 1. The van der Waals surface area contributed by atoms with Crippen molar-refractivity contribution in [2.45, 2.75) is 70.0 Å². The van der Waals surface area contributed by atoms with Crippen LogP contribution in [0.4, 0.5) is 0 Å². The van der Waals surface area contributed by atoms with Crippen LogP contribution in [0.25, 0.3) is 0 Å². The monoisotopic (exact) mass is 289 g/mol. The Balaban J connectivity index is 1.86. The van der Waals surface area contributed by atoms with Crippen molar-refractivity contribution in [3.05, 3.63) is 10.1 Å². The van der Waals surface area contributed by atoms with Gasteiger partial charge in [-0.25, -0.2) is 0 Å². The molecule has 3 heterocycles. The van der Waals surface area contributed by atoms with Crippen molar-refractivity contribution in [1.29, 1.82) is 0 Å². The molecular weight excluding hydrogens is 270 g/mol. The fourth-order valence-corrected chi connectivity index (χ4v) is 2.99. The molecule has 3 saturated heterocycles. The van der Waals surface area contributed by atoms with Crippen LogP contribution >= 0.6 is 0 Å². The van der Waals surface area contributed by atoms with Gasteiger partial charge in [0.05, 0.1) is 0 Å². The van der Waals surface area contributed by atoms with Crippen molar-refractivity contribution >= 4 is 0 Å². The summed E-state index contributed by atoms with van der Waals surface area (Å²) in [5.41, 5.74) is 0. The first-order valence-electron chi connectivity index (χ1n) is 6.65. The summed E-state index contributed by atoms with van der Waals surface area (Å²) in [7, 11) is 0. The molecule has 5 unspecified atom stereocenters. The van der Waals surface area contributed by atoms with E-state index >= 15 is 0 Å². The molecule has 3 rings (SSSR count). The molecule has 0 bridgehead atoms. The van der Waals surface area contributed by atoms with E-state index in [0.717, 1.165) is 0 Å². The maximum atomic E-state index is 10.8. The molecule has 0 radical (unpaired) electrons. The Morgan fingerprint density at radius 3 is 2.15 bits per heavy atom. The van der Waals surface area contributed by atoms with Gasteiger partial charge >= 0.3 is 0 Å². The first kappa shape index (κ1) is 14.2. The lowest BCUT2D eigenvalue weighted by atomic mass is 9.99. The second-order valence-corrected chi connectivity index (χ2v) is 6.22. The number of nitrogens with zero attached hydrogens (tertiary/aromatic N) is 1. The summed E-state index contributed by atoms with van der Waals surface area (Å²) >= 11 is 0. The van der Waals surface area contributed by atoms with Crippen molar-refractivity contribution in [3.63, 3.8) is 0 Å². The van der Waals surface area contributed by atoms with Gasteiger partial charge in [-0.3, -0.25) is 10.1 Å². The zero-order chi connectivity index (χ0) is 14.7. The highest BCUT2D eigenvalue weighted by Gasteiger charge is 2.61. The Labute approximate surface area is 116 Å². The molecule has 20 heavy (non-hydrogen) atoms. The van der Waals surface area contributed by atoms with Gasteiger partial charge in [0.2, 0.25) is 6.54 Å². The summed E-state index contributed by atoms with van der Waals surface area (Å²) < 4.78 is 28.7. The second kappa shape index (κ2) is 4.35. The topological polar surface area (TPSA) is 89.3 Å². The first-order chi connectivity index (χ1) is 9.17. The molecule has 114 valence electrons.